The summed E-state index contributed by atoms with van der Waals surface area (Å²) in [5, 5.41) is 0. The normalized spacial score (nSPS) is 11.5. The van der Waals surface area contributed by atoms with Crippen LogP contribution in [0.2, 0.25) is 0 Å². The van der Waals surface area contributed by atoms with E-state index in [4.69, 9.17) is 0 Å². The molecule has 0 N–H and O–H groups in total. The third-order valence-electron chi connectivity index (χ3n) is 2.29. The second-order valence-corrected chi connectivity index (χ2v) is 6.37. The van der Waals surface area contributed by atoms with Gasteiger partial charge in [0.15, 0.2) is 0 Å². The molecule has 2 aromatic rings. The number of hydrogen-bond donors (Lipinski definition) is 0. The van der Waals surface area contributed by atoms with Crippen LogP contribution in [0.1, 0.15) is 0 Å². The number of halogens is 3. The zero-order valence-electron chi connectivity index (χ0n) is 8.90. The van der Waals surface area contributed by atoms with Crippen LogP contribution >= 0.6 is 15.9 Å². The Bertz CT molecular complexity index is 699. The maximum Gasteiger partial charge on any atom is 0.209 e. The van der Waals surface area contributed by atoms with E-state index in [0.29, 0.717) is 4.47 Å². The highest BCUT2D eigenvalue weighted by Gasteiger charge is 2.22. The second-order valence-electron chi connectivity index (χ2n) is 3.54. The van der Waals surface area contributed by atoms with E-state index in [-0.39, 0.29) is 4.90 Å². The molecule has 0 atom stereocenters. The molecule has 2 rings (SSSR count). The van der Waals surface area contributed by atoms with Crippen molar-refractivity contribution in [2.24, 2.45) is 0 Å². The van der Waals surface area contributed by atoms with Crippen LogP contribution in [0.15, 0.2) is 56.7 Å². The highest BCUT2D eigenvalue weighted by molar-refractivity contribution is 9.10. The van der Waals surface area contributed by atoms with Gasteiger partial charge in [-0.2, -0.15) is 0 Å². The molecule has 0 aliphatic carbocycles. The molecule has 0 bridgehead atoms. The van der Waals surface area contributed by atoms with Gasteiger partial charge in [-0.05, 0) is 36.4 Å². The van der Waals surface area contributed by atoms with Crippen molar-refractivity contribution in [2.45, 2.75) is 9.79 Å². The summed E-state index contributed by atoms with van der Waals surface area (Å²) in [6.07, 6.45) is 0. The molecule has 0 aliphatic heterocycles. The van der Waals surface area contributed by atoms with Crippen molar-refractivity contribution in [1.29, 1.82) is 0 Å². The Morgan fingerprint density at radius 3 is 2.33 bits per heavy atom. The first-order chi connectivity index (χ1) is 8.41. The standard InChI is InChI=1S/C12H7BrF2O2S/c13-8-4-5-12(11(15)6-8)18(16,17)10-3-1-2-9(14)7-10/h1-7H. The first-order valence-corrected chi connectivity index (χ1v) is 7.14. The van der Waals surface area contributed by atoms with Gasteiger partial charge in [-0.25, -0.2) is 17.2 Å². The average Bonchev–Trinajstić information content (AvgIpc) is 2.28. The van der Waals surface area contributed by atoms with Crippen molar-refractivity contribution in [3.05, 3.63) is 58.6 Å². The Balaban J connectivity index is 2.62. The van der Waals surface area contributed by atoms with E-state index < -0.39 is 26.4 Å². The zero-order valence-corrected chi connectivity index (χ0v) is 11.3. The van der Waals surface area contributed by atoms with Gasteiger partial charge < -0.3 is 0 Å². The molecule has 2 aromatic carbocycles. The predicted octanol–water partition coefficient (Wildman–Crippen LogP) is 3.56. The first-order valence-electron chi connectivity index (χ1n) is 4.87. The second kappa shape index (κ2) is 4.78. The lowest BCUT2D eigenvalue weighted by atomic mass is 10.3. The summed E-state index contributed by atoms with van der Waals surface area (Å²) in [7, 11) is -4.04. The Hall–Kier alpha value is -1.27. The molecule has 0 spiro atoms. The smallest absolute Gasteiger partial charge is 0.209 e. The third-order valence-corrected chi connectivity index (χ3v) is 4.57. The van der Waals surface area contributed by atoms with E-state index in [1.807, 2.05) is 0 Å². The summed E-state index contributed by atoms with van der Waals surface area (Å²) in [6, 6.07) is 8.06. The van der Waals surface area contributed by atoms with E-state index in [1.165, 1.54) is 18.2 Å². The minimum Gasteiger partial charge on any atom is -0.218 e. The fourth-order valence-electron chi connectivity index (χ4n) is 1.45. The number of hydrogen-bond acceptors (Lipinski definition) is 2. The molecular weight excluding hydrogens is 326 g/mol. The van der Waals surface area contributed by atoms with E-state index in [1.54, 1.807) is 0 Å². The van der Waals surface area contributed by atoms with Crippen LogP contribution in [-0.2, 0) is 9.84 Å². The largest absolute Gasteiger partial charge is 0.218 e. The minimum absolute atomic E-state index is 0.274. The third kappa shape index (κ3) is 2.44. The first kappa shape index (κ1) is 13.2. The van der Waals surface area contributed by atoms with Gasteiger partial charge in [0.1, 0.15) is 16.5 Å². The van der Waals surface area contributed by atoms with E-state index in [0.717, 1.165) is 24.3 Å². The molecular formula is C12H7BrF2O2S. The van der Waals surface area contributed by atoms with Crippen molar-refractivity contribution in [1.82, 2.24) is 0 Å². The summed E-state index contributed by atoms with van der Waals surface area (Å²) in [5.41, 5.74) is 0. The summed E-state index contributed by atoms with van der Waals surface area (Å²) in [4.78, 5) is -0.750. The van der Waals surface area contributed by atoms with Gasteiger partial charge in [-0.3, -0.25) is 0 Å². The van der Waals surface area contributed by atoms with Crippen molar-refractivity contribution in [3.8, 4) is 0 Å². The minimum atomic E-state index is -4.04. The van der Waals surface area contributed by atoms with Crippen LogP contribution in [0.25, 0.3) is 0 Å². The fourth-order valence-corrected chi connectivity index (χ4v) is 3.13. The predicted molar refractivity (Wildman–Crippen MR) is 66.0 cm³/mol. The number of rotatable bonds is 2. The van der Waals surface area contributed by atoms with Crippen molar-refractivity contribution < 1.29 is 17.2 Å². The number of benzene rings is 2. The molecule has 0 fully saturated rings. The topological polar surface area (TPSA) is 34.1 Å². The molecule has 0 saturated heterocycles. The van der Waals surface area contributed by atoms with Crippen LogP contribution in [0.3, 0.4) is 0 Å². The van der Waals surface area contributed by atoms with Gasteiger partial charge in [-0.1, -0.05) is 22.0 Å². The molecule has 0 heterocycles. The Morgan fingerprint density at radius 2 is 1.72 bits per heavy atom. The molecule has 94 valence electrons. The summed E-state index contributed by atoms with van der Waals surface area (Å²) in [5.74, 6) is -1.57. The average molecular weight is 333 g/mol. The Morgan fingerprint density at radius 1 is 1.00 bits per heavy atom. The fraction of sp³-hybridized carbons (Fsp3) is 0. The van der Waals surface area contributed by atoms with Crippen LogP contribution in [0.4, 0.5) is 8.78 Å². The lowest BCUT2D eigenvalue weighted by Crippen LogP contribution is -2.05. The molecule has 0 unspecified atom stereocenters. The van der Waals surface area contributed by atoms with Gasteiger partial charge >= 0.3 is 0 Å². The lowest BCUT2D eigenvalue weighted by molar-refractivity contribution is 0.564. The Labute approximate surface area is 111 Å². The molecule has 0 aliphatic rings. The van der Waals surface area contributed by atoms with Crippen molar-refractivity contribution >= 4 is 25.8 Å². The lowest BCUT2D eigenvalue weighted by Gasteiger charge is -2.06. The molecule has 2 nitrogen and oxygen atoms in total. The van der Waals surface area contributed by atoms with Gasteiger partial charge in [0.05, 0.1) is 4.90 Å². The van der Waals surface area contributed by atoms with E-state index in [9.17, 15) is 17.2 Å². The van der Waals surface area contributed by atoms with E-state index in [2.05, 4.69) is 15.9 Å². The van der Waals surface area contributed by atoms with Crippen molar-refractivity contribution in [2.75, 3.05) is 0 Å². The quantitative estimate of drug-likeness (QED) is 0.842. The van der Waals surface area contributed by atoms with Crippen LogP contribution < -0.4 is 0 Å². The van der Waals surface area contributed by atoms with Gasteiger partial charge in [0.2, 0.25) is 9.84 Å². The van der Waals surface area contributed by atoms with Crippen LogP contribution in [-0.4, -0.2) is 8.42 Å². The molecule has 0 amide bonds. The zero-order chi connectivity index (χ0) is 13.3. The van der Waals surface area contributed by atoms with Gasteiger partial charge in [0.25, 0.3) is 0 Å². The maximum atomic E-state index is 13.6. The van der Waals surface area contributed by atoms with Crippen molar-refractivity contribution in [3.63, 3.8) is 0 Å². The number of sulfone groups is 1. The summed E-state index contributed by atoms with van der Waals surface area (Å²) in [6.45, 7) is 0. The molecule has 0 radical (unpaired) electrons. The molecule has 0 saturated carbocycles. The van der Waals surface area contributed by atoms with Gasteiger partial charge in [0, 0.05) is 4.47 Å². The van der Waals surface area contributed by atoms with Crippen LogP contribution in [0, 0.1) is 11.6 Å². The highest BCUT2D eigenvalue weighted by Crippen LogP contribution is 2.25. The van der Waals surface area contributed by atoms with Gasteiger partial charge in [-0.15, -0.1) is 0 Å². The molecule has 6 heteroatoms. The van der Waals surface area contributed by atoms with Crippen LogP contribution in [0.5, 0.6) is 0 Å². The summed E-state index contributed by atoms with van der Waals surface area (Å²) >= 11 is 3.04. The highest BCUT2D eigenvalue weighted by atomic mass is 79.9. The molecule has 18 heavy (non-hydrogen) atoms. The maximum absolute atomic E-state index is 13.6. The molecule has 0 aromatic heterocycles. The SMILES string of the molecule is O=S(=O)(c1cccc(F)c1)c1ccc(Br)cc1F. The summed E-state index contributed by atoms with van der Waals surface area (Å²) < 4.78 is 51.3. The Kier molecular flexibility index (Phi) is 3.49. The monoisotopic (exact) mass is 332 g/mol. The van der Waals surface area contributed by atoms with E-state index >= 15 is 0 Å².